The van der Waals surface area contributed by atoms with Gasteiger partial charge in [-0.05, 0) is 250 Å². The molecule has 0 saturated heterocycles. The minimum Gasteiger partial charge on any atom is -0.461 e. The van der Waals surface area contributed by atoms with Gasteiger partial charge in [-0.2, -0.15) is 0 Å². The molecule has 27 heteroatoms. The van der Waals surface area contributed by atoms with Crippen molar-refractivity contribution < 1.29 is 89.5 Å². The second kappa shape index (κ2) is 41.1. The van der Waals surface area contributed by atoms with Gasteiger partial charge >= 0.3 is 24.2 Å². The van der Waals surface area contributed by atoms with Gasteiger partial charge in [0.05, 0.1) is 42.8 Å². The standard InChI is InChI=1S/C34H33FN2O6.2C27H28FN3O5/c1-34(2,3)43-33(40)37-30(21-32(39)41-22-23-8-5-4-6-9-23)31(38)20-26-10-7-11-29(36-26)24-12-16-27(17-13-24)42-28-18-14-25(35)15-19-28;1-27(2,3)36-26(34)31-24(25(29)33)16-20(32)15-19-5-4-6-23(30-19)17-7-11-21(12-8-17)35-22-13-9-18(28)10-14-22;1-27(2,3)36-26(34)31-23(16-25(29)33)24(32)15-19-5-4-6-22(30-19)17-7-11-20(12-8-17)35-21-13-9-18(28)10-14-21/h4-19,30H,20-22H2,1-3H3,(H,37,40);4-14,24H,15-16H2,1-3H3,(H2,29,33)(H,31,34);4-14,23H,15-16H2,1-3H3,(H2,29,33)(H,31,34)/t30-;24-;23-/m000/s1. The molecule has 7 N–H and O–H groups in total. The normalized spacial score (nSPS) is 11.8. The monoisotopic (exact) mass is 1570 g/mol. The maximum atomic E-state index is 13.4. The summed E-state index contributed by atoms with van der Waals surface area (Å²) in [7, 11) is 0. The lowest BCUT2D eigenvalue weighted by Gasteiger charge is -2.23. The summed E-state index contributed by atoms with van der Waals surface area (Å²) < 4.78 is 77.4. The predicted molar refractivity (Wildman–Crippen MR) is 423 cm³/mol. The number of nitrogens with zero attached hydrogens (tertiary/aromatic N) is 3. The van der Waals surface area contributed by atoms with Crippen LogP contribution in [0.2, 0.25) is 0 Å². The van der Waals surface area contributed by atoms with Gasteiger partial charge in [0, 0.05) is 46.6 Å². The van der Waals surface area contributed by atoms with E-state index >= 15 is 0 Å². The zero-order valence-corrected chi connectivity index (χ0v) is 64.8. The van der Waals surface area contributed by atoms with Crippen LogP contribution in [0.1, 0.15) is 104 Å². The fourth-order valence-corrected chi connectivity index (χ4v) is 10.5. The highest BCUT2D eigenvalue weighted by molar-refractivity contribution is 5.94. The molecule has 3 heterocycles. The number of carbonyl (C=O) groups is 9. The second-order valence-electron chi connectivity index (χ2n) is 29.0. The van der Waals surface area contributed by atoms with Crippen LogP contribution in [-0.4, -0.2) is 103 Å². The van der Waals surface area contributed by atoms with Gasteiger partial charge in [0.15, 0.2) is 11.6 Å². The summed E-state index contributed by atoms with van der Waals surface area (Å²) in [6.45, 7) is 15.3. The Hall–Kier alpha value is -13.6. The number of hydrogen-bond acceptors (Lipinski definition) is 19. The second-order valence-corrected chi connectivity index (χ2v) is 29.0. The summed E-state index contributed by atoms with van der Waals surface area (Å²) >= 11 is 0. The van der Waals surface area contributed by atoms with Crippen LogP contribution in [0.3, 0.4) is 0 Å². The van der Waals surface area contributed by atoms with E-state index in [1.807, 2.05) is 66.7 Å². The maximum Gasteiger partial charge on any atom is 0.408 e. The summed E-state index contributed by atoms with van der Waals surface area (Å²) in [5.74, 6) is -1.15. The Balaban J connectivity index is 0.000000217. The first-order valence-corrected chi connectivity index (χ1v) is 36.3. The van der Waals surface area contributed by atoms with Crippen molar-refractivity contribution in [3.05, 3.63) is 271 Å². The average Bonchev–Trinajstić information content (AvgIpc) is 0.855. The fourth-order valence-electron chi connectivity index (χ4n) is 10.5. The number of ketones is 3. The highest BCUT2D eigenvalue weighted by Crippen LogP contribution is 2.30. The van der Waals surface area contributed by atoms with Crippen LogP contribution in [0.25, 0.3) is 33.8 Å². The molecule has 24 nitrogen and oxygen atoms in total. The highest BCUT2D eigenvalue weighted by Gasteiger charge is 2.30. The van der Waals surface area contributed by atoms with E-state index in [0.717, 1.165) is 22.3 Å². The molecule has 598 valence electrons. The molecular weight excluding hydrogens is 1480 g/mol. The summed E-state index contributed by atoms with van der Waals surface area (Å²) in [6.07, 6.45) is -3.74. The number of ether oxygens (including phenoxy) is 7. The number of esters is 1. The summed E-state index contributed by atoms with van der Waals surface area (Å²) in [6, 6.07) is 60.1. The van der Waals surface area contributed by atoms with Crippen LogP contribution in [0, 0.1) is 17.5 Å². The van der Waals surface area contributed by atoms with Crippen molar-refractivity contribution in [3.8, 4) is 68.3 Å². The first-order chi connectivity index (χ1) is 54.5. The number of hydrogen-bond donors (Lipinski definition) is 5. The van der Waals surface area contributed by atoms with E-state index in [-0.39, 0.29) is 68.4 Å². The van der Waals surface area contributed by atoms with Crippen LogP contribution >= 0.6 is 0 Å². The number of halogens is 3. The van der Waals surface area contributed by atoms with Crippen LogP contribution in [0.5, 0.6) is 34.5 Å². The van der Waals surface area contributed by atoms with Crippen molar-refractivity contribution >= 4 is 53.4 Å². The fraction of sp³-hybridized carbons (Fsp3) is 0.250. The van der Waals surface area contributed by atoms with Gasteiger partial charge in [0.25, 0.3) is 0 Å². The van der Waals surface area contributed by atoms with Crippen LogP contribution in [0.15, 0.2) is 231 Å². The molecule has 115 heavy (non-hydrogen) atoms. The van der Waals surface area contributed by atoms with Gasteiger partial charge in [-0.25, -0.2) is 27.6 Å². The number of primary amides is 2. The minimum atomic E-state index is -1.19. The molecular formula is C88H89F3N8O16. The SMILES string of the molecule is CC(C)(C)OC(=O)N[C@@H](CC(=O)Cc1cccc(-c2ccc(Oc3ccc(F)cc3)cc2)n1)C(N)=O.CC(C)(C)OC(=O)N[C@@H](CC(=O)OCc1ccccc1)C(=O)Cc1cccc(-c2ccc(Oc3ccc(F)cc3)cc2)n1.CC(C)(C)OC(=O)N[C@@H](CC(N)=O)C(=O)Cc1cccc(-c2ccc(Oc3ccc(F)cc3)cc2)n1. The third-order valence-electron chi connectivity index (χ3n) is 15.8. The molecule has 0 radical (unpaired) electrons. The van der Waals surface area contributed by atoms with E-state index in [9.17, 15) is 56.3 Å². The minimum absolute atomic E-state index is 0.0423. The van der Waals surface area contributed by atoms with Crippen LogP contribution in [0.4, 0.5) is 27.6 Å². The molecule has 10 aromatic rings. The molecule has 0 saturated carbocycles. The van der Waals surface area contributed by atoms with Crippen molar-refractivity contribution in [2.75, 3.05) is 0 Å². The van der Waals surface area contributed by atoms with E-state index in [0.29, 0.717) is 68.7 Å². The number of Topliss-reactive ketones (excluding diaryl/α,β-unsaturated/α-hetero) is 3. The molecule has 0 aliphatic carbocycles. The van der Waals surface area contributed by atoms with Crippen molar-refractivity contribution in [1.29, 1.82) is 0 Å². The lowest BCUT2D eigenvalue weighted by atomic mass is 10.0. The number of rotatable bonds is 29. The van der Waals surface area contributed by atoms with Gasteiger partial charge in [-0.1, -0.05) is 48.5 Å². The Bertz CT molecular complexity index is 4960. The average molecular weight is 1570 g/mol. The van der Waals surface area contributed by atoms with Crippen molar-refractivity contribution in [1.82, 2.24) is 30.9 Å². The van der Waals surface area contributed by atoms with Crippen LogP contribution < -0.4 is 41.6 Å². The molecule has 7 aromatic carbocycles. The summed E-state index contributed by atoms with van der Waals surface area (Å²) in [4.78, 5) is 125. The van der Waals surface area contributed by atoms with Crippen molar-refractivity contribution in [2.24, 2.45) is 11.5 Å². The molecule has 0 fully saturated rings. The Labute approximate surface area is 663 Å². The molecule has 0 spiro atoms. The van der Waals surface area contributed by atoms with Crippen molar-refractivity contribution in [2.45, 2.75) is 142 Å². The topological polar surface area (TPSA) is 345 Å². The number of amides is 5. The number of nitrogens with two attached hydrogens (primary N) is 2. The van der Waals surface area contributed by atoms with Crippen molar-refractivity contribution in [3.63, 3.8) is 0 Å². The number of carbonyl (C=O) groups excluding carboxylic acids is 9. The molecule has 0 unspecified atom stereocenters. The number of aromatic nitrogens is 3. The Kier molecular flexibility index (Phi) is 31.1. The summed E-state index contributed by atoms with van der Waals surface area (Å²) in [5.41, 5.74) is 14.8. The van der Waals surface area contributed by atoms with Gasteiger partial charge in [0.1, 0.15) is 99.3 Å². The molecule has 3 atom stereocenters. The quantitative estimate of drug-likeness (QED) is 0.0215. The predicted octanol–water partition coefficient (Wildman–Crippen LogP) is 15.9. The van der Waals surface area contributed by atoms with Gasteiger partial charge < -0.3 is 60.6 Å². The molecule has 0 aliphatic rings. The number of pyridine rings is 3. The third kappa shape index (κ3) is 31.2. The van der Waals surface area contributed by atoms with E-state index < -0.39 is 82.6 Å². The number of nitrogens with one attached hydrogen (secondary N) is 3. The Morgan fingerprint density at radius 3 is 0.974 bits per heavy atom. The molecule has 5 amide bonds. The van der Waals surface area contributed by atoms with E-state index in [1.165, 1.54) is 60.7 Å². The van der Waals surface area contributed by atoms with E-state index in [4.69, 9.17) is 44.6 Å². The van der Waals surface area contributed by atoms with Gasteiger partial charge in [-0.15, -0.1) is 0 Å². The van der Waals surface area contributed by atoms with E-state index in [2.05, 4.69) is 30.9 Å². The smallest absolute Gasteiger partial charge is 0.408 e. The molecule has 10 rings (SSSR count). The Morgan fingerprint density at radius 1 is 0.357 bits per heavy atom. The van der Waals surface area contributed by atoms with E-state index in [1.54, 1.807) is 165 Å². The zero-order chi connectivity index (χ0) is 83.4. The lowest BCUT2D eigenvalue weighted by Crippen LogP contribution is -2.47. The third-order valence-corrected chi connectivity index (χ3v) is 15.8. The molecule has 0 bridgehead atoms. The maximum absolute atomic E-state index is 13.4. The first-order valence-electron chi connectivity index (χ1n) is 36.3. The zero-order valence-electron chi connectivity index (χ0n) is 64.8. The number of benzene rings is 7. The molecule has 0 aliphatic heterocycles. The Morgan fingerprint density at radius 2 is 0.661 bits per heavy atom. The lowest BCUT2D eigenvalue weighted by molar-refractivity contribution is -0.146. The molecule has 3 aromatic heterocycles. The number of alkyl carbamates (subject to hydrolysis) is 3. The largest absolute Gasteiger partial charge is 0.461 e. The van der Waals surface area contributed by atoms with Crippen LogP contribution in [-0.2, 0) is 73.6 Å². The van der Waals surface area contributed by atoms with Gasteiger partial charge in [-0.3, -0.25) is 43.7 Å². The summed E-state index contributed by atoms with van der Waals surface area (Å²) in [5, 5.41) is 7.30. The first kappa shape index (κ1) is 87.0. The highest BCUT2D eigenvalue weighted by atomic mass is 19.1. The van der Waals surface area contributed by atoms with Gasteiger partial charge in [0.2, 0.25) is 11.8 Å².